The lowest BCUT2D eigenvalue weighted by Crippen LogP contribution is -2.39. The number of nitrogens with one attached hydrogen (secondary N) is 1. The van der Waals surface area contributed by atoms with Crippen molar-refractivity contribution in [2.24, 2.45) is 11.7 Å². The summed E-state index contributed by atoms with van der Waals surface area (Å²) in [5.41, 5.74) is 5.89. The lowest BCUT2D eigenvalue weighted by Gasteiger charge is -2.39. The second-order valence-electron chi connectivity index (χ2n) is 5.91. The van der Waals surface area contributed by atoms with Gasteiger partial charge in [0.05, 0.1) is 5.60 Å². The molecular weight excluding hydrogens is 284 g/mol. The van der Waals surface area contributed by atoms with Crippen LogP contribution in [0, 0.1) is 5.92 Å². The van der Waals surface area contributed by atoms with Gasteiger partial charge in [-0.15, -0.1) is 12.4 Å². The molecule has 0 heterocycles. The van der Waals surface area contributed by atoms with Gasteiger partial charge in [0.15, 0.2) is 0 Å². The highest BCUT2D eigenvalue weighted by atomic mass is 35.5. The normalized spacial score (nSPS) is 18.8. The molecular formula is C17H29ClN2O. The molecule has 1 atom stereocenters. The van der Waals surface area contributed by atoms with Gasteiger partial charge in [-0.1, -0.05) is 49.6 Å². The van der Waals surface area contributed by atoms with Gasteiger partial charge in [0.1, 0.15) is 0 Å². The molecule has 1 saturated carbocycles. The van der Waals surface area contributed by atoms with Gasteiger partial charge < -0.3 is 16.2 Å². The molecule has 1 aromatic carbocycles. The second kappa shape index (κ2) is 9.42. The zero-order valence-electron chi connectivity index (χ0n) is 12.8. The fourth-order valence-electron chi connectivity index (χ4n) is 3.40. The highest BCUT2D eigenvalue weighted by molar-refractivity contribution is 5.85. The Morgan fingerprint density at radius 1 is 1.10 bits per heavy atom. The molecule has 0 amide bonds. The number of hydrogen-bond donors (Lipinski definition) is 3. The molecule has 120 valence electrons. The molecule has 1 aliphatic rings. The Labute approximate surface area is 134 Å². The van der Waals surface area contributed by atoms with Crippen LogP contribution in [0.4, 0.5) is 0 Å². The third-order valence-electron chi connectivity index (χ3n) is 4.56. The summed E-state index contributed by atoms with van der Waals surface area (Å²) < 4.78 is 0. The summed E-state index contributed by atoms with van der Waals surface area (Å²) in [7, 11) is 0. The van der Waals surface area contributed by atoms with E-state index in [4.69, 9.17) is 5.73 Å². The predicted molar refractivity (Wildman–Crippen MR) is 90.7 cm³/mol. The van der Waals surface area contributed by atoms with Crippen LogP contribution < -0.4 is 11.1 Å². The molecule has 0 aliphatic heterocycles. The first-order chi connectivity index (χ1) is 9.77. The molecule has 0 saturated heterocycles. The number of benzene rings is 1. The topological polar surface area (TPSA) is 58.3 Å². The van der Waals surface area contributed by atoms with Crippen molar-refractivity contribution in [2.45, 2.75) is 44.1 Å². The molecule has 0 radical (unpaired) electrons. The van der Waals surface area contributed by atoms with E-state index in [1.54, 1.807) is 0 Å². The van der Waals surface area contributed by atoms with Gasteiger partial charge in [-0.05, 0) is 37.3 Å². The Hall–Kier alpha value is -0.610. The van der Waals surface area contributed by atoms with E-state index in [-0.39, 0.29) is 12.4 Å². The van der Waals surface area contributed by atoms with E-state index in [1.165, 1.54) is 19.3 Å². The average Bonchev–Trinajstić information content (AvgIpc) is 2.53. The van der Waals surface area contributed by atoms with E-state index in [9.17, 15) is 5.11 Å². The summed E-state index contributed by atoms with van der Waals surface area (Å²) in [5.74, 6) is 0.387. The Balaban J connectivity index is 0.00000220. The van der Waals surface area contributed by atoms with Crippen LogP contribution in [-0.2, 0) is 5.60 Å². The van der Waals surface area contributed by atoms with E-state index in [1.807, 2.05) is 18.2 Å². The van der Waals surface area contributed by atoms with Crippen molar-refractivity contribution < 1.29 is 5.11 Å². The van der Waals surface area contributed by atoms with Gasteiger partial charge in [0.25, 0.3) is 0 Å². The van der Waals surface area contributed by atoms with E-state index < -0.39 is 5.60 Å². The molecule has 0 aromatic heterocycles. The number of halogens is 1. The van der Waals surface area contributed by atoms with Gasteiger partial charge >= 0.3 is 0 Å². The summed E-state index contributed by atoms with van der Waals surface area (Å²) in [5, 5.41) is 14.7. The van der Waals surface area contributed by atoms with Crippen LogP contribution in [0.1, 0.15) is 44.1 Å². The quantitative estimate of drug-likeness (QED) is 0.679. The number of hydrogen-bond acceptors (Lipinski definition) is 3. The Bertz CT molecular complexity index is 382. The van der Waals surface area contributed by atoms with Crippen LogP contribution in [0.15, 0.2) is 30.3 Å². The minimum absolute atomic E-state index is 0. The Kier molecular flexibility index (Phi) is 8.27. The van der Waals surface area contributed by atoms with Crippen LogP contribution in [0.2, 0.25) is 0 Å². The zero-order valence-corrected chi connectivity index (χ0v) is 13.6. The highest BCUT2D eigenvalue weighted by Gasteiger charge is 2.38. The lowest BCUT2D eigenvalue weighted by molar-refractivity contribution is -0.0455. The van der Waals surface area contributed by atoms with Crippen LogP contribution in [0.3, 0.4) is 0 Å². The third-order valence-corrected chi connectivity index (χ3v) is 4.56. The monoisotopic (exact) mass is 312 g/mol. The molecule has 1 aromatic rings. The van der Waals surface area contributed by atoms with E-state index >= 15 is 0 Å². The Morgan fingerprint density at radius 2 is 1.76 bits per heavy atom. The van der Waals surface area contributed by atoms with Gasteiger partial charge in [-0.2, -0.15) is 0 Å². The smallest absolute Gasteiger partial charge is 0.0936 e. The van der Waals surface area contributed by atoms with Crippen molar-refractivity contribution in [2.75, 3.05) is 19.6 Å². The summed E-state index contributed by atoms with van der Waals surface area (Å²) >= 11 is 0. The van der Waals surface area contributed by atoms with Gasteiger partial charge in [0, 0.05) is 13.1 Å². The third kappa shape index (κ3) is 4.96. The van der Waals surface area contributed by atoms with Crippen LogP contribution >= 0.6 is 12.4 Å². The fraction of sp³-hybridized carbons (Fsp3) is 0.647. The minimum atomic E-state index is -0.691. The van der Waals surface area contributed by atoms with E-state index in [0.29, 0.717) is 12.5 Å². The molecule has 4 N–H and O–H groups in total. The molecule has 21 heavy (non-hydrogen) atoms. The lowest BCUT2D eigenvalue weighted by atomic mass is 9.72. The Morgan fingerprint density at radius 3 is 2.38 bits per heavy atom. The van der Waals surface area contributed by atoms with Crippen molar-refractivity contribution in [1.82, 2.24) is 5.32 Å². The molecule has 1 unspecified atom stereocenters. The predicted octanol–water partition coefficient (Wildman–Crippen LogP) is 2.81. The highest BCUT2D eigenvalue weighted by Crippen LogP contribution is 2.41. The SMILES string of the molecule is Cl.NCCNCCC(O)(c1ccccc1)C1CCCCC1. The first kappa shape index (κ1) is 18.4. The molecule has 0 spiro atoms. The maximum atomic E-state index is 11.3. The fourth-order valence-corrected chi connectivity index (χ4v) is 3.40. The van der Waals surface area contributed by atoms with Gasteiger partial charge in [-0.25, -0.2) is 0 Å². The summed E-state index contributed by atoms with van der Waals surface area (Å²) in [4.78, 5) is 0. The van der Waals surface area contributed by atoms with Crippen LogP contribution in [0.25, 0.3) is 0 Å². The van der Waals surface area contributed by atoms with Crippen molar-refractivity contribution in [3.63, 3.8) is 0 Å². The second-order valence-corrected chi connectivity index (χ2v) is 5.91. The van der Waals surface area contributed by atoms with Crippen molar-refractivity contribution >= 4 is 12.4 Å². The van der Waals surface area contributed by atoms with E-state index in [2.05, 4.69) is 17.4 Å². The van der Waals surface area contributed by atoms with Crippen molar-refractivity contribution in [1.29, 1.82) is 0 Å². The largest absolute Gasteiger partial charge is 0.385 e. The zero-order chi connectivity index (χ0) is 14.3. The maximum absolute atomic E-state index is 11.3. The average molecular weight is 313 g/mol. The van der Waals surface area contributed by atoms with E-state index in [0.717, 1.165) is 37.9 Å². The molecule has 3 nitrogen and oxygen atoms in total. The standard InChI is InChI=1S/C17H28N2O.ClH/c18-12-14-19-13-11-17(20,15-7-3-1-4-8-15)16-9-5-2-6-10-16;/h1,3-4,7-8,16,19-20H,2,5-6,9-14,18H2;1H. The first-order valence-corrected chi connectivity index (χ1v) is 7.96. The van der Waals surface area contributed by atoms with Gasteiger partial charge in [-0.3, -0.25) is 0 Å². The molecule has 4 heteroatoms. The molecule has 1 fully saturated rings. The number of nitrogens with two attached hydrogens (primary N) is 1. The van der Waals surface area contributed by atoms with Crippen LogP contribution in [0.5, 0.6) is 0 Å². The summed E-state index contributed by atoms with van der Waals surface area (Å²) in [6, 6.07) is 10.2. The first-order valence-electron chi connectivity index (χ1n) is 7.96. The number of aliphatic hydroxyl groups is 1. The van der Waals surface area contributed by atoms with Crippen molar-refractivity contribution in [3.05, 3.63) is 35.9 Å². The molecule has 2 rings (SSSR count). The minimum Gasteiger partial charge on any atom is -0.385 e. The van der Waals surface area contributed by atoms with Crippen molar-refractivity contribution in [3.8, 4) is 0 Å². The molecule has 0 bridgehead atoms. The maximum Gasteiger partial charge on any atom is 0.0936 e. The van der Waals surface area contributed by atoms with Crippen LogP contribution in [-0.4, -0.2) is 24.7 Å². The molecule has 1 aliphatic carbocycles. The van der Waals surface area contributed by atoms with Gasteiger partial charge in [0.2, 0.25) is 0 Å². The summed E-state index contributed by atoms with van der Waals surface area (Å²) in [6.45, 7) is 2.28. The number of rotatable bonds is 7. The summed E-state index contributed by atoms with van der Waals surface area (Å²) in [6.07, 6.45) is 6.85.